The maximum atomic E-state index is 5.86. The van der Waals surface area contributed by atoms with Crippen molar-refractivity contribution < 1.29 is 9.47 Å². The van der Waals surface area contributed by atoms with Gasteiger partial charge < -0.3 is 14.0 Å². The fraction of sp³-hybridized carbons (Fsp3) is 0.300. The highest BCUT2D eigenvalue weighted by atomic mass is 32.1. The average molecular weight is 382 g/mol. The molecule has 6 nitrogen and oxygen atoms in total. The molecule has 3 aromatic rings. The van der Waals surface area contributed by atoms with E-state index in [9.17, 15) is 0 Å². The van der Waals surface area contributed by atoms with Gasteiger partial charge in [-0.25, -0.2) is 4.68 Å². The van der Waals surface area contributed by atoms with Crippen molar-refractivity contribution >= 4 is 12.2 Å². The summed E-state index contributed by atoms with van der Waals surface area (Å²) in [5.74, 6) is 2.54. The summed E-state index contributed by atoms with van der Waals surface area (Å²) in [6, 6.07) is 16.0. The van der Waals surface area contributed by atoms with Crippen molar-refractivity contribution in [2.45, 2.75) is 13.2 Å². The van der Waals surface area contributed by atoms with Gasteiger partial charge in [-0.3, -0.25) is 4.90 Å². The molecule has 140 valence electrons. The summed E-state index contributed by atoms with van der Waals surface area (Å²) < 4.78 is 15.8. The molecule has 0 fully saturated rings. The first kappa shape index (κ1) is 17.8. The van der Waals surface area contributed by atoms with Crippen LogP contribution in [-0.2, 0) is 20.3 Å². The summed E-state index contributed by atoms with van der Waals surface area (Å²) in [6.45, 7) is 2.88. The summed E-state index contributed by atoms with van der Waals surface area (Å²) in [7, 11) is 3.60. The molecular weight excluding hydrogens is 360 g/mol. The smallest absolute Gasteiger partial charge is 0.199 e. The lowest BCUT2D eigenvalue weighted by molar-refractivity contribution is 0.177. The van der Waals surface area contributed by atoms with E-state index in [1.165, 1.54) is 5.56 Å². The van der Waals surface area contributed by atoms with Gasteiger partial charge in [0, 0.05) is 25.7 Å². The van der Waals surface area contributed by atoms with Gasteiger partial charge in [-0.1, -0.05) is 30.3 Å². The van der Waals surface area contributed by atoms with Crippen LogP contribution in [0.5, 0.6) is 11.5 Å². The Morgan fingerprint density at radius 3 is 2.78 bits per heavy atom. The van der Waals surface area contributed by atoms with Gasteiger partial charge in [-0.05, 0) is 30.4 Å². The van der Waals surface area contributed by atoms with Gasteiger partial charge in [0.15, 0.2) is 10.6 Å². The second-order valence-corrected chi connectivity index (χ2v) is 6.88. The van der Waals surface area contributed by atoms with Gasteiger partial charge in [0.2, 0.25) is 0 Å². The number of fused-ring (bicyclic) bond motifs is 1. The van der Waals surface area contributed by atoms with E-state index in [1.807, 2.05) is 58.8 Å². The molecule has 0 saturated carbocycles. The fourth-order valence-electron chi connectivity index (χ4n) is 3.33. The minimum absolute atomic E-state index is 0.611. The third kappa shape index (κ3) is 3.48. The Labute approximate surface area is 163 Å². The van der Waals surface area contributed by atoms with Crippen LogP contribution in [0.4, 0.5) is 0 Å². The number of rotatable bonds is 4. The fourth-order valence-corrected chi connectivity index (χ4v) is 3.52. The first-order valence-electron chi connectivity index (χ1n) is 8.87. The van der Waals surface area contributed by atoms with Crippen molar-refractivity contribution in [3.63, 3.8) is 0 Å². The van der Waals surface area contributed by atoms with Crippen LogP contribution in [0, 0.1) is 4.77 Å². The summed E-state index contributed by atoms with van der Waals surface area (Å²) in [5.41, 5.74) is 2.11. The summed E-state index contributed by atoms with van der Waals surface area (Å²) in [5, 5.41) is 4.78. The number of para-hydroxylation sites is 2. The molecule has 0 amide bonds. The number of hydrogen-bond acceptors (Lipinski definition) is 5. The zero-order valence-corrected chi connectivity index (χ0v) is 16.3. The van der Waals surface area contributed by atoms with Gasteiger partial charge in [0.05, 0.1) is 19.3 Å². The van der Waals surface area contributed by atoms with Gasteiger partial charge in [-0.15, -0.1) is 0 Å². The van der Waals surface area contributed by atoms with Crippen LogP contribution < -0.4 is 9.47 Å². The number of methoxy groups -OCH3 is 1. The van der Waals surface area contributed by atoms with E-state index in [-0.39, 0.29) is 0 Å². The third-order valence-electron chi connectivity index (χ3n) is 4.75. The lowest BCUT2D eigenvalue weighted by Gasteiger charge is -2.18. The first-order chi connectivity index (χ1) is 13.2. The standard InChI is InChI=1S/C20H22N4O2S/c1-22-19(16-8-4-6-10-18(16)25-2)21-24(20(22)27)14-23-11-12-26-17-9-5-3-7-15(17)13-23/h3-10H,11-14H2,1-2H3. The lowest BCUT2D eigenvalue weighted by Crippen LogP contribution is -2.29. The SMILES string of the molecule is COc1ccccc1-c1nn(CN2CCOc3ccccc3C2)c(=S)n1C. The van der Waals surface area contributed by atoms with E-state index in [4.69, 9.17) is 26.8 Å². The Kier molecular flexibility index (Phi) is 4.96. The van der Waals surface area contributed by atoms with Crippen molar-refractivity contribution in [3.8, 4) is 22.9 Å². The molecule has 0 bridgehead atoms. The molecule has 0 aliphatic carbocycles. The zero-order valence-electron chi connectivity index (χ0n) is 15.5. The molecule has 1 aromatic heterocycles. The molecule has 7 heteroatoms. The number of hydrogen-bond donors (Lipinski definition) is 0. The Balaban J connectivity index is 1.63. The highest BCUT2D eigenvalue weighted by Gasteiger charge is 2.18. The third-order valence-corrected chi connectivity index (χ3v) is 5.24. The Morgan fingerprint density at radius 1 is 1.15 bits per heavy atom. The van der Waals surface area contributed by atoms with E-state index >= 15 is 0 Å². The van der Waals surface area contributed by atoms with E-state index in [1.54, 1.807) is 7.11 Å². The molecule has 1 aliphatic heterocycles. The largest absolute Gasteiger partial charge is 0.496 e. The normalized spacial score (nSPS) is 14.3. The average Bonchev–Trinajstić information content (AvgIpc) is 2.86. The Hall–Kier alpha value is -2.64. The number of ether oxygens (including phenoxy) is 2. The van der Waals surface area contributed by atoms with Crippen molar-refractivity contribution in [2.75, 3.05) is 20.3 Å². The molecule has 1 aliphatic rings. The van der Waals surface area contributed by atoms with Crippen molar-refractivity contribution in [1.29, 1.82) is 0 Å². The zero-order chi connectivity index (χ0) is 18.8. The summed E-state index contributed by atoms with van der Waals surface area (Å²) >= 11 is 5.64. The molecule has 0 unspecified atom stereocenters. The second-order valence-electron chi connectivity index (χ2n) is 6.52. The van der Waals surface area contributed by atoms with Crippen LogP contribution in [0.2, 0.25) is 0 Å². The van der Waals surface area contributed by atoms with Gasteiger partial charge >= 0.3 is 0 Å². The van der Waals surface area contributed by atoms with Gasteiger partial charge in [-0.2, -0.15) is 5.10 Å². The monoisotopic (exact) mass is 382 g/mol. The molecule has 0 saturated heterocycles. The second kappa shape index (κ2) is 7.54. The summed E-state index contributed by atoms with van der Waals surface area (Å²) in [4.78, 5) is 2.29. The van der Waals surface area contributed by atoms with Gasteiger partial charge in [0.25, 0.3) is 0 Å². The minimum Gasteiger partial charge on any atom is -0.496 e. The number of aromatic nitrogens is 3. The predicted octanol–water partition coefficient (Wildman–Crippen LogP) is 3.48. The minimum atomic E-state index is 0.611. The van der Waals surface area contributed by atoms with Gasteiger partial charge in [0.1, 0.15) is 18.1 Å². The van der Waals surface area contributed by atoms with E-state index in [0.717, 1.165) is 36.0 Å². The molecule has 4 rings (SSSR count). The highest BCUT2D eigenvalue weighted by Crippen LogP contribution is 2.28. The van der Waals surface area contributed by atoms with Crippen LogP contribution in [-0.4, -0.2) is 39.5 Å². The lowest BCUT2D eigenvalue weighted by atomic mass is 10.2. The first-order valence-corrected chi connectivity index (χ1v) is 9.28. The molecule has 0 atom stereocenters. The molecule has 2 aromatic carbocycles. The Morgan fingerprint density at radius 2 is 1.93 bits per heavy atom. The molecule has 27 heavy (non-hydrogen) atoms. The molecule has 2 heterocycles. The molecule has 0 spiro atoms. The Bertz CT molecular complexity index is 1010. The quantitative estimate of drug-likeness (QED) is 0.647. The van der Waals surface area contributed by atoms with Crippen LogP contribution in [0.25, 0.3) is 11.4 Å². The maximum Gasteiger partial charge on any atom is 0.199 e. The van der Waals surface area contributed by atoms with Crippen molar-refractivity contribution in [2.24, 2.45) is 7.05 Å². The van der Waals surface area contributed by atoms with E-state index < -0.39 is 0 Å². The topological polar surface area (TPSA) is 44.4 Å². The summed E-state index contributed by atoms with van der Waals surface area (Å²) in [6.07, 6.45) is 0. The van der Waals surface area contributed by atoms with Crippen molar-refractivity contribution in [3.05, 3.63) is 58.9 Å². The molecule has 0 radical (unpaired) electrons. The van der Waals surface area contributed by atoms with Crippen LogP contribution in [0.3, 0.4) is 0 Å². The molecular formula is C20H22N4O2S. The molecule has 0 N–H and O–H groups in total. The maximum absolute atomic E-state index is 5.86. The van der Waals surface area contributed by atoms with E-state index in [2.05, 4.69) is 11.0 Å². The van der Waals surface area contributed by atoms with Crippen LogP contribution in [0.15, 0.2) is 48.5 Å². The van der Waals surface area contributed by atoms with Crippen LogP contribution >= 0.6 is 12.2 Å². The van der Waals surface area contributed by atoms with E-state index in [0.29, 0.717) is 18.0 Å². The van der Waals surface area contributed by atoms with Crippen LogP contribution in [0.1, 0.15) is 5.56 Å². The number of nitrogens with zero attached hydrogens (tertiary/aromatic N) is 4. The number of benzene rings is 2. The van der Waals surface area contributed by atoms with Crippen molar-refractivity contribution in [1.82, 2.24) is 19.2 Å². The predicted molar refractivity (Wildman–Crippen MR) is 106 cm³/mol. The highest BCUT2D eigenvalue weighted by molar-refractivity contribution is 7.71.